The predicted molar refractivity (Wildman–Crippen MR) is 163 cm³/mol. The molecule has 13 heteroatoms. The van der Waals surface area contributed by atoms with Gasteiger partial charge in [0, 0.05) is 42.0 Å². The fraction of sp³-hybridized carbons (Fsp3) is 0.200. The summed E-state index contributed by atoms with van der Waals surface area (Å²) in [5, 5.41) is 8.46. The quantitative estimate of drug-likeness (QED) is 0.211. The Morgan fingerprint density at radius 3 is 2.65 bits per heavy atom. The average Bonchev–Trinajstić information content (AvgIpc) is 3.59. The van der Waals surface area contributed by atoms with Crippen molar-refractivity contribution in [2.75, 3.05) is 33.5 Å². The third-order valence-corrected chi connectivity index (χ3v) is 7.48. The zero-order valence-electron chi connectivity index (χ0n) is 23.7. The van der Waals surface area contributed by atoms with E-state index in [-0.39, 0.29) is 6.54 Å². The minimum Gasteiger partial charge on any atom is -0.491 e. The van der Waals surface area contributed by atoms with E-state index >= 15 is 0 Å². The minimum absolute atomic E-state index is 0.0480. The van der Waals surface area contributed by atoms with Crippen molar-refractivity contribution in [3.8, 4) is 39.7 Å². The molecule has 0 unspecified atom stereocenters. The second kappa shape index (κ2) is 11.5. The Morgan fingerprint density at radius 1 is 0.977 bits per heavy atom. The van der Waals surface area contributed by atoms with Gasteiger partial charge in [0.05, 0.1) is 29.2 Å². The van der Waals surface area contributed by atoms with E-state index in [1.807, 2.05) is 38.4 Å². The van der Waals surface area contributed by atoms with E-state index in [1.165, 1.54) is 12.1 Å². The zero-order chi connectivity index (χ0) is 30.1. The number of pyridine rings is 2. The number of likely N-dealkylation sites (N-methyl/N-ethyl adjacent to an activating group) is 1. The molecule has 0 atom stereocenters. The predicted octanol–water partition coefficient (Wildman–Crippen LogP) is 4.36. The molecule has 6 aromatic rings. The molecule has 2 aromatic carbocycles. The number of halogens is 1. The summed E-state index contributed by atoms with van der Waals surface area (Å²) in [7, 11) is 0.546. The maximum absolute atomic E-state index is 14.6. The topological polar surface area (TPSA) is 142 Å². The van der Waals surface area contributed by atoms with Crippen LogP contribution in [0, 0.1) is 5.82 Å². The van der Waals surface area contributed by atoms with E-state index < -0.39 is 15.8 Å². The summed E-state index contributed by atoms with van der Waals surface area (Å²) in [5.74, 6) is 0.698. The molecule has 220 valence electrons. The molecule has 0 aliphatic rings. The van der Waals surface area contributed by atoms with Crippen molar-refractivity contribution in [3.05, 3.63) is 78.5 Å². The van der Waals surface area contributed by atoms with E-state index in [2.05, 4.69) is 34.8 Å². The molecule has 4 aromatic heterocycles. The van der Waals surface area contributed by atoms with Gasteiger partial charge in [0.15, 0.2) is 5.82 Å². The highest BCUT2D eigenvalue weighted by Gasteiger charge is 2.17. The lowest BCUT2D eigenvalue weighted by atomic mass is 10.0. The molecule has 0 fully saturated rings. The molecule has 0 spiro atoms. The van der Waals surface area contributed by atoms with Crippen molar-refractivity contribution in [1.29, 1.82) is 0 Å². The summed E-state index contributed by atoms with van der Waals surface area (Å²) in [6.45, 7) is 1.30. The average molecular weight is 601 g/mol. The second-order valence-electron chi connectivity index (χ2n) is 10.5. The molecule has 0 radical (unpaired) electrons. The molecule has 0 bridgehead atoms. The normalized spacial score (nSPS) is 12.0. The van der Waals surface area contributed by atoms with Crippen LogP contribution in [0.1, 0.15) is 5.56 Å². The van der Waals surface area contributed by atoms with Crippen molar-refractivity contribution >= 4 is 32.0 Å². The highest BCUT2D eigenvalue weighted by Crippen LogP contribution is 2.33. The van der Waals surface area contributed by atoms with Gasteiger partial charge < -0.3 is 14.6 Å². The lowest BCUT2D eigenvalue weighted by Crippen LogP contribution is -2.21. The first-order chi connectivity index (χ1) is 20.6. The number of nitrogens with one attached hydrogen (secondary N) is 3. The van der Waals surface area contributed by atoms with Crippen LogP contribution in [0.25, 0.3) is 55.8 Å². The Balaban J connectivity index is 1.35. The van der Waals surface area contributed by atoms with Crippen LogP contribution < -0.4 is 9.46 Å². The summed E-state index contributed by atoms with van der Waals surface area (Å²) in [6.07, 6.45) is 6.15. The van der Waals surface area contributed by atoms with Gasteiger partial charge in [-0.1, -0.05) is 6.07 Å². The highest BCUT2D eigenvalue weighted by molar-refractivity contribution is 7.88. The van der Waals surface area contributed by atoms with Gasteiger partial charge >= 0.3 is 0 Å². The number of rotatable bonds is 10. The number of aromatic amines is 2. The number of hydrogen-bond donors (Lipinski definition) is 3. The molecule has 6 rings (SSSR count). The Hall–Kier alpha value is -4.72. The fourth-order valence-corrected chi connectivity index (χ4v) is 5.17. The SMILES string of the molecule is CN(C)CCOc1cncc(-c2ccc3[nH]nc(-c4nc5c(-c6cc(F)cc(CNS(C)(=O)=O)c6)nccc5[nH]4)c3c2)c1. The Morgan fingerprint density at radius 2 is 1.84 bits per heavy atom. The van der Waals surface area contributed by atoms with Crippen LogP contribution in [0.4, 0.5) is 4.39 Å². The van der Waals surface area contributed by atoms with Crippen molar-refractivity contribution in [2.24, 2.45) is 0 Å². The molecule has 43 heavy (non-hydrogen) atoms. The van der Waals surface area contributed by atoms with Gasteiger partial charge in [-0.25, -0.2) is 22.5 Å². The maximum atomic E-state index is 14.6. The molecule has 0 aliphatic carbocycles. The molecule has 11 nitrogen and oxygen atoms in total. The first kappa shape index (κ1) is 28.4. The van der Waals surface area contributed by atoms with Gasteiger partial charge in [0.25, 0.3) is 0 Å². The zero-order valence-corrected chi connectivity index (χ0v) is 24.5. The maximum Gasteiger partial charge on any atom is 0.209 e. The summed E-state index contributed by atoms with van der Waals surface area (Å²) < 4.78 is 45.9. The van der Waals surface area contributed by atoms with Crippen LogP contribution in [0.5, 0.6) is 5.75 Å². The Labute approximate surface area is 247 Å². The summed E-state index contributed by atoms with van der Waals surface area (Å²) in [4.78, 5) is 19.0. The number of nitrogens with zero attached hydrogens (tertiary/aromatic N) is 5. The molecule has 0 amide bonds. The van der Waals surface area contributed by atoms with E-state index in [0.29, 0.717) is 51.7 Å². The van der Waals surface area contributed by atoms with E-state index in [1.54, 1.807) is 30.7 Å². The van der Waals surface area contributed by atoms with Crippen LogP contribution in [0.2, 0.25) is 0 Å². The fourth-order valence-electron chi connectivity index (χ4n) is 4.74. The van der Waals surface area contributed by atoms with Gasteiger partial charge in [-0.2, -0.15) is 5.10 Å². The van der Waals surface area contributed by atoms with Crippen LogP contribution in [0.3, 0.4) is 0 Å². The molecule has 3 N–H and O–H groups in total. The number of ether oxygens (including phenoxy) is 1. The first-order valence-electron chi connectivity index (χ1n) is 13.4. The van der Waals surface area contributed by atoms with Crippen LogP contribution in [-0.2, 0) is 16.6 Å². The number of H-pyrrole nitrogens is 2. The molecule has 0 saturated heterocycles. The standard InChI is InChI=1S/C30H29FN8O3S/c1-39(2)8-9-42-23-13-21(16-32-17-23)19-4-5-25-24(14-19)28(38-37-25)30-35-26-6-7-33-27(29(26)36-30)20-10-18(11-22(31)12-20)15-34-43(3,40)41/h4-7,10-14,16-17,34H,8-9,15H2,1-3H3,(H,35,36)(H,37,38). The Bertz CT molecular complexity index is 2060. The Kier molecular flexibility index (Phi) is 7.61. The van der Waals surface area contributed by atoms with E-state index in [9.17, 15) is 12.8 Å². The van der Waals surface area contributed by atoms with E-state index in [4.69, 9.17) is 9.72 Å². The summed E-state index contributed by atoms with van der Waals surface area (Å²) >= 11 is 0. The molecule has 4 heterocycles. The van der Waals surface area contributed by atoms with Gasteiger partial charge in [-0.05, 0) is 67.7 Å². The molecular weight excluding hydrogens is 571 g/mol. The van der Waals surface area contributed by atoms with Crippen LogP contribution in [-0.4, -0.2) is 77.0 Å². The number of aromatic nitrogens is 6. The lowest BCUT2D eigenvalue weighted by molar-refractivity contribution is 0.261. The lowest BCUT2D eigenvalue weighted by Gasteiger charge is -2.11. The third-order valence-electron chi connectivity index (χ3n) is 6.81. The number of benzene rings is 2. The van der Waals surface area contributed by atoms with Crippen LogP contribution in [0.15, 0.2) is 67.1 Å². The monoisotopic (exact) mass is 600 g/mol. The van der Waals surface area contributed by atoms with Crippen molar-refractivity contribution < 1.29 is 17.5 Å². The van der Waals surface area contributed by atoms with Gasteiger partial charge in [-0.3, -0.25) is 15.1 Å². The molecular formula is C30H29FN8O3S. The van der Waals surface area contributed by atoms with Crippen molar-refractivity contribution in [1.82, 2.24) is 39.8 Å². The summed E-state index contributed by atoms with van der Waals surface area (Å²) in [5.41, 5.74) is 5.90. The van der Waals surface area contributed by atoms with Crippen LogP contribution >= 0.6 is 0 Å². The largest absolute Gasteiger partial charge is 0.491 e. The van der Waals surface area contributed by atoms with Gasteiger partial charge in [-0.15, -0.1) is 0 Å². The van der Waals surface area contributed by atoms with Gasteiger partial charge in [0.1, 0.15) is 29.4 Å². The second-order valence-corrected chi connectivity index (χ2v) is 12.3. The number of fused-ring (bicyclic) bond motifs is 2. The number of sulfonamides is 1. The molecule has 0 aliphatic heterocycles. The van der Waals surface area contributed by atoms with Crippen molar-refractivity contribution in [2.45, 2.75) is 6.54 Å². The first-order valence-corrected chi connectivity index (χ1v) is 15.3. The number of hydrogen-bond acceptors (Lipinski definition) is 8. The summed E-state index contributed by atoms with van der Waals surface area (Å²) in [6, 6.07) is 14.0. The highest BCUT2D eigenvalue weighted by atomic mass is 32.2. The van der Waals surface area contributed by atoms with Gasteiger partial charge in [0.2, 0.25) is 10.0 Å². The third kappa shape index (κ3) is 6.38. The molecule has 0 saturated carbocycles. The smallest absolute Gasteiger partial charge is 0.209 e. The number of imidazole rings is 1. The minimum atomic E-state index is -3.44. The van der Waals surface area contributed by atoms with Crippen molar-refractivity contribution in [3.63, 3.8) is 0 Å². The van der Waals surface area contributed by atoms with E-state index in [0.717, 1.165) is 34.8 Å².